The highest BCUT2D eigenvalue weighted by Gasteiger charge is 2.27. The molecule has 0 spiro atoms. The van der Waals surface area contributed by atoms with E-state index >= 15 is 0 Å². The molecule has 3 atom stereocenters. The molecular weight excluding hydrogens is 576 g/mol. The molecule has 1 aliphatic carbocycles. The fourth-order valence-electron chi connectivity index (χ4n) is 6.11. The minimum atomic E-state index is -1.09. The van der Waals surface area contributed by atoms with Crippen molar-refractivity contribution in [1.82, 2.24) is 15.5 Å². The van der Waals surface area contributed by atoms with Crippen molar-refractivity contribution in [1.29, 1.82) is 0 Å². The summed E-state index contributed by atoms with van der Waals surface area (Å²) in [4.78, 5) is 28.7. The Labute approximate surface area is 266 Å². The summed E-state index contributed by atoms with van der Waals surface area (Å²) in [6, 6.07) is 13.3. The first-order valence-electron chi connectivity index (χ1n) is 15.9. The summed E-state index contributed by atoms with van der Waals surface area (Å²) in [5.74, 6) is -1.34. The number of halogens is 2. The van der Waals surface area contributed by atoms with Crippen molar-refractivity contribution in [3.05, 3.63) is 99.6 Å². The lowest BCUT2D eigenvalue weighted by Crippen LogP contribution is -2.49. The standard InChI is InChI=1S/C36H45F2N3O4.H2/c1-5-12-41(13-6-2)36(44)27-15-23(3)14-26(19-27)35(43)40-33(18-24-16-28(37)20-29(38)17-24)34(42)22-39-32-9-7-8-25-10-11-30(45-4)21-31(25)32;/h10-11,14-17,19-21,32-34,39,42H,5-9,12-13,18,22H2,1-4H3,(H,40,43);1H/t32?,33-,34+;/m0./s1. The van der Waals surface area contributed by atoms with E-state index in [0.29, 0.717) is 24.2 Å². The zero-order chi connectivity index (χ0) is 32.5. The van der Waals surface area contributed by atoms with E-state index in [-0.39, 0.29) is 31.9 Å². The molecule has 3 N–H and O–H groups in total. The molecule has 7 nitrogen and oxygen atoms in total. The Morgan fingerprint density at radius 2 is 1.71 bits per heavy atom. The van der Waals surface area contributed by atoms with E-state index in [1.165, 1.54) is 17.7 Å². The van der Waals surface area contributed by atoms with Gasteiger partial charge in [-0.05, 0) is 110 Å². The van der Waals surface area contributed by atoms with E-state index in [9.17, 15) is 23.5 Å². The minimum absolute atomic E-state index is 0. The Bertz CT molecular complexity index is 1460. The molecule has 0 heterocycles. The smallest absolute Gasteiger partial charge is 0.253 e. The van der Waals surface area contributed by atoms with Crippen LogP contribution in [0.5, 0.6) is 5.75 Å². The number of rotatable bonds is 14. The molecule has 0 saturated carbocycles. The maximum absolute atomic E-state index is 14.1. The van der Waals surface area contributed by atoms with Crippen LogP contribution in [0, 0.1) is 18.6 Å². The predicted molar refractivity (Wildman–Crippen MR) is 174 cm³/mol. The van der Waals surface area contributed by atoms with Gasteiger partial charge in [0.25, 0.3) is 11.8 Å². The van der Waals surface area contributed by atoms with Gasteiger partial charge in [-0.2, -0.15) is 0 Å². The summed E-state index contributed by atoms with van der Waals surface area (Å²) in [6.07, 6.45) is 3.35. The number of benzene rings is 3. The van der Waals surface area contributed by atoms with Crippen LogP contribution in [0.2, 0.25) is 0 Å². The highest BCUT2D eigenvalue weighted by atomic mass is 19.1. The summed E-state index contributed by atoms with van der Waals surface area (Å²) in [6.45, 7) is 7.21. The number of carbonyl (C=O) groups excluding carboxylic acids is 2. The summed E-state index contributed by atoms with van der Waals surface area (Å²) in [5, 5.41) is 17.8. The molecule has 0 aliphatic heterocycles. The van der Waals surface area contributed by atoms with E-state index in [4.69, 9.17) is 4.74 Å². The molecule has 1 aliphatic rings. The van der Waals surface area contributed by atoms with Gasteiger partial charge in [-0.3, -0.25) is 9.59 Å². The molecule has 0 radical (unpaired) electrons. The Balaban J connectivity index is 0.00000576. The van der Waals surface area contributed by atoms with Crippen LogP contribution >= 0.6 is 0 Å². The Hall–Kier alpha value is -3.82. The van der Waals surface area contributed by atoms with Crippen LogP contribution in [0.1, 0.15) is 90.0 Å². The number of amides is 2. The Kier molecular flexibility index (Phi) is 12.1. The van der Waals surface area contributed by atoms with E-state index in [1.807, 2.05) is 32.9 Å². The number of aliphatic hydroxyl groups excluding tert-OH is 1. The van der Waals surface area contributed by atoms with E-state index in [1.54, 1.807) is 30.2 Å². The summed E-state index contributed by atoms with van der Waals surface area (Å²) in [5.41, 5.74) is 4.07. The zero-order valence-corrected chi connectivity index (χ0v) is 26.7. The second-order valence-electron chi connectivity index (χ2n) is 11.9. The molecule has 0 aromatic heterocycles. The molecule has 244 valence electrons. The van der Waals surface area contributed by atoms with Crippen molar-refractivity contribution in [3.63, 3.8) is 0 Å². The lowest BCUT2D eigenvalue weighted by Gasteiger charge is -2.30. The third-order valence-electron chi connectivity index (χ3n) is 8.26. The van der Waals surface area contributed by atoms with Crippen LogP contribution in [0.4, 0.5) is 8.78 Å². The first kappa shape index (κ1) is 34.1. The summed E-state index contributed by atoms with van der Waals surface area (Å²) >= 11 is 0. The van der Waals surface area contributed by atoms with Gasteiger partial charge in [0.05, 0.1) is 19.3 Å². The van der Waals surface area contributed by atoms with Gasteiger partial charge >= 0.3 is 0 Å². The van der Waals surface area contributed by atoms with Gasteiger partial charge in [0.2, 0.25) is 0 Å². The third-order valence-corrected chi connectivity index (χ3v) is 8.26. The van der Waals surface area contributed by atoms with Crippen LogP contribution in [0.3, 0.4) is 0 Å². The number of aliphatic hydroxyl groups is 1. The molecule has 4 rings (SSSR count). The zero-order valence-electron chi connectivity index (χ0n) is 26.7. The van der Waals surface area contributed by atoms with Crippen molar-refractivity contribution in [2.75, 3.05) is 26.7 Å². The first-order chi connectivity index (χ1) is 21.6. The average Bonchev–Trinajstić information content (AvgIpc) is 3.01. The SMILES string of the molecule is CCCN(CCC)C(=O)c1cc(C)cc(C(=O)N[C@@H](Cc2cc(F)cc(F)c2)[C@H](O)CNC2CCCc3ccc(OC)cc32)c1.[HH]. The number of hydrogen-bond donors (Lipinski definition) is 3. The lowest BCUT2D eigenvalue weighted by atomic mass is 9.87. The highest BCUT2D eigenvalue weighted by molar-refractivity contribution is 6.00. The van der Waals surface area contributed by atoms with Gasteiger partial charge < -0.3 is 25.4 Å². The minimum Gasteiger partial charge on any atom is -0.497 e. The quantitative estimate of drug-likeness (QED) is 0.200. The third kappa shape index (κ3) is 9.11. The van der Waals surface area contributed by atoms with Gasteiger partial charge in [0, 0.05) is 44.3 Å². The van der Waals surface area contributed by atoms with Crippen LogP contribution in [-0.2, 0) is 12.8 Å². The monoisotopic (exact) mass is 623 g/mol. The average molecular weight is 624 g/mol. The van der Waals surface area contributed by atoms with E-state index < -0.39 is 29.7 Å². The number of nitrogens with zero attached hydrogens (tertiary/aromatic N) is 1. The van der Waals surface area contributed by atoms with Gasteiger partial charge in [-0.15, -0.1) is 0 Å². The Morgan fingerprint density at radius 1 is 1.02 bits per heavy atom. The van der Waals surface area contributed by atoms with Crippen molar-refractivity contribution < 1.29 is 29.6 Å². The van der Waals surface area contributed by atoms with E-state index in [2.05, 4.69) is 16.7 Å². The van der Waals surface area contributed by atoms with Crippen LogP contribution in [0.25, 0.3) is 0 Å². The second kappa shape index (κ2) is 16.0. The predicted octanol–water partition coefficient (Wildman–Crippen LogP) is 6.16. The normalized spacial score (nSPS) is 15.6. The largest absolute Gasteiger partial charge is 0.497 e. The Morgan fingerprint density at radius 3 is 2.38 bits per heavy atom. The lowest BCUT2D eigenvalue weighted by molar-refractivity contribution is 0.0755. The number of ether oxygens (including phenoxy) is 1. The molecular formula is C36H47F2N3O4. The number of fused-ring (bicyclic) bond motifs is 1. The maximum atomic E-state index is 14.1. The van der Waals surface area contributed by atoms with E-state index in [0.717, 1.165) is 55.0 Å². The van der Waals surface area contributed by atoms with Gasteiger partial charge in [0.1, 0.15) is 17.4 Å². The summed E-state index contributed by atoms with van der Waals surface area (Å²) in [7, 11) is 1.62. The number of methoxy groups -OCH3 is 1. The first-order valence-corrected chi connectivity index (χ1v) is 15.9. The molecule has 0 fully saturated rings. The fraction of sp³-hybridized carbons (Fsp3) is 0.444. The van der Waals surface area contributed by atoms with Crippen LogP contribution < -0.4 is 15.4 Å². The van der Waals surface area contributed by atoms with Gasteiger partial charge in [-0.25, -0.2) is 8.78 Å². The summed E-state index contributed by atoms with van der Waals surface area (Å²) < 4.78 is 33.6. The molecule has 3 aromatic rings. The van der Waals surface area contributed by atoms with Crippen molar-refractivity contribution in [3.8, 4) is 5.75 Å². The molecule has 0 saturated heterocycles. The molecule has 3 aromatic carbocycles. The molecule has 45 heavy (non-hydrogen) atoms. The topological polar surface area (TPSA) is 90.9 Å². The van der Waals surface area contributed by atoms with Crippen LogP contribution in [-0.4, -0.2) is 60.7 Å². The van der Waals surface area contributed by atoms with Gasteiger partial charge in [-0.1, -0.05) is 19.9 Å². The maximum Gasteiger partial charge on any atom is 0.253 e. The van der Waals surface area contributed by atoms with Crippen molar-refractivity contribution in [2.45, 2.75) is 77.5 Å². The molecule has 0 bridgehead atoms. The fourth-order valence-corrected chi connectivity index (χ4v) is 6.11. The molecule has 2 amide bonds. The van der Waals surface area contributed by atoms with Crippen molar-refractivity contribution in [2.24, 2.45) is 0 Å². The highest BCUT2D eigenvalue weighted by Crippen LogP contribution is 2.32. The van der Waals surface area contributed by atoms with Crippen molar-refractivity contribution >= 4 is 11.8 Å². The number of nitrogens with one attached hydrogen (secondary N) is 2. The van der Waals surface area contributed by atoms with Gasteiger partial charge in [0.15, 0.2) is 0 Å². The molecule has 1 unspecified atom stereocenters. The number of aryl methyl sites for hydroxylation is 2. The second-order valence-corrected chi connectivity index (χ2v) is 11.9. The molecule has 9 heteroatoms. The number of hydrogen-bond acceptors (Lipinski definition) is 5. The number of carbonyl (C=O) groups is 2. The van der Waals surface area contributed by atoms with Crippen LogP contribution in [0.15, 0.2) is 54.6 Å².